The van der Waals surface area contributed by atoms with Crippen LogP contribution in [0.25, 0.3) is 0 Å². The summed E-state index contributed by atoms with van der Waals surface area (Å²) in [5.41, 5.74) is 5.73. The molecular formula is C13H29ClN2O3S. The molecule has 0 saturated heterocycles. The van der Waals surface area contributed by atoms with Crippen molar-refractivity contribution in [3.63, 3.8) is 0 Å². The zero-order valence-electron chi connectivity index (χ0n) is 12.5. The normalized spacial score (nSPS) is 18.8. The van der Waals surface area contributed by atoms with Gasteiger partial charge in [0.15, 0.2) is 0 Å². The van der Waals surface area contributed by atoms with E-state index in [0.717, 1.165) is 12.8 Å². The molecular weight excluding hydrogens is 300 g/mol. The zero-order chi connectivity index (χ0) is 14.3. The third kappa shape index (κ3) is 7.78. The van der Waals surface area contributed by atoms with Crippen molar-refractivity contribution >= 4 is 22.4 Å². The van der Waals surface area contributed by atoms with Crippen LogP contribution in [0.3, 0.4) is 0 Å². The highest BCUT2D eigenvalue weighted by atomic mass is 35.5. The highest BCUT2D eigenvalue weighted by Crippen LogP contribution is 2.26. The number of hydrogen-bond donors (Lipinski definition) is 2. The predicted molar refractivity (Wildman–Crippen MR) is 84.7 cm³/mol. The van der Waals surface area contributed by atoms with Gasteiger partial charge in [-0.15, -0.1) is 12.4 Å². The van der Waals surface area contributed by atoms with Crippen LogP contribution in [-0.4, -0.2) is 39.5 Å². The Labute approximate surface area is 129 Å². The van der Waals surface area contributed by atoms with E-state index in [2.05, 4.69) is 4.72 Å². The number of halogens is 1. The molecule has 1 aliphatic rings. The first-order chi connectivity index (χ1) is 8.94. The van der Waals surface area contributed by atoms with Crippen molar-refractivity contribution in [2.45, 2.75) is 58.1 Å². The first-order valence-electron chi connectivity index (χ1n) is 7.26. The molecule has 1 atom stereocenters. The molecule has 3 N–H and O–H groups in total. The topological polar surface area (TPSA) is 81.4 Å². The van der Waals surface area contributed by atoms with Gasteiger partial charge in [0.2, 0.25) is 10.0 Å². The lowest BCUT2D eigenvalue weighted by molar-refractivity contribution is 0.0910. The Balaban J connectivity index is 0.00000361. The minimum Gasteiger partial charge on any atom is -0.378 e. The summed E-state index contributed by atoms with van der Waals surface area (Å²) >= 11 is 0. The molecule has 0 bridgehead atoms. The second-order valence-electron chi connectivity index (χ2n) is 5.60. The van der Waals surface area contributed by atoms with Gasteiger partial charge < -0.3 is 10.5 Å². The van der Waals surface area contributed by atoms with Gasteiger partial charge in [-0.25, -0.2) is 13.1 Å². The fourth-order valence-electron chi connectivity index (χ4n) is 2.56. The van der Waals surface area contributed by atoms with E-state index in [9.17, 15) is 8.42 Å². The standard InChI is InChI=1S/C13H28N2O3S.ClH/c1-11(2)18-8-9-19(16,17)15-13(10-14)12-6-4-3-5-7-12;/h11-13,15H,3-10,14H2,1-2H3;1H. The molecule has 0 spiro atoms. The summed E-state index contributed by atoms with van der Waals surface area (Å²) in [5.74, 6) is 0.397. The van der Waals surface area contributed by atoms with Gasteiger partial charge >= 0.3 is 0 Å². The van der Waals surface area contributed by atoms with Crippen LogP contribution >= 0.6 is 12.4 Å². The molecule has 0 aromatic heterocycles. The molecule has 1 fully saturated rings. The van der Waals surface area contributed by atoms with Gasteiger partial charge in [0, 0.05) is 12.6 Å². The van der Waals surface area contributed by atoms with Crippen molar-refractivity contribution in [2.24, 2.45) is 11.7 Å². The molecule has 5 nitrogen and oxygen atoms in total. The Hall–Kier alpha value is 0.120. The summed E-state index contributed by atoms with van der Waals surface area (Å²) in [6.07, 6.45) is 5.82. The molecule has 1 saturated carbocycles. The summed E-state index contributed by atoms with van der Waals surface area (Å²) in [6.45, 7) is 4.39. The molecule has 1 aliphatic carbocycles. The van der Waals surface area contributed by atoms with E-state index >= 15 is 0 Å². The number of hydrogen-bond acceptors (Lipinski definition) is 4. The minimum absolute atomic E-state index is 0. The van der Waals surface area contributed by atoms with Crippen molar-refractivity contribution in [3.8, 4) is 0 Å². The van der Waals surface area contributed by atoms with Gasteiger partial charge in [-0.2, -0.15) is 0 Å². The van der Waals surface area contributed by atoms with Gasteiger partial charge in [0.05, 0.1) is 18.5 Å². The average molecular weight is 329 g/mol. The fourth-order valence-corrected chi connectivity index (χ4v) is 3.74. The highest BCUT2D eigenvalue weighted by molar-refractivity contribution is 7.89. The van der Waals surface area contributed by atoms with E-state index < -0.39 is 10.0 Å². The highest BCUT2D eigenvalue weighted by Gasteiger charge is 2.26. The lowest BCUT2D eigenvalue weighted by Gasteiger charge is -2.29. The van der Waals surface area contributed by atoms with Gasteiger partial charge in [0.25, 0.3) is 0 Å². The van der Waals surface area contributed by atoms with E-state index in [1.165, 1.54) is 19.3 Å². The second kappa shape index (κ2) is 9.95. The van der Waals surface area contributed by atoms with Crippen LogP contribution in [0, 0.1) is 5.92 Å². The SMILES string of the molecule is CC(C)OCCS(=O)(=O)NC(CN)C1CCCCC1.Cl. The number of ether oxygens (including phenoxy) is 1. The van der Waals surface area contributed by atoms with E-state index in [0.29, 0.717) is 12.5 Å². The van der Waals surface area contributed by atoms with Gasteiger partial charge in [-0.3, -0.25) is 0 Å². The first-order valence-corrected chi connectivity index (χ1v) is 8.91. The maximum Gasteiger partial charge on any atom is 0.214 e. The molecule has 20 heavy (non-hydrogen) atoms. The Morgan fingerprint density at radius 2 is 1.85 bits per heavy atom. The summed E-state index contributed by atoms with van der Waals surface area (Å²) in [6, 6.07) is -0.121. The second-order valence-corrected chi connectivity index (χ2v) is 7.47. The fraction of sp³-hybridized carbons (Fsp3) is 1.00. The van der Waals surface area contributed by atoms with Crippen LogP contribution in [0.15, 0.2) is 0 Å². The maximum atomic E-state index is 12.0. The van der Waals surface area contributed by atoms with Crippen LogP contribution in [-0.2, 0) is 14.8 Å². The average Bonchev–Trinajstić information content (AvgIpc) is 2.36. The monoisotopic (exact) mass is 328 g/mol. The number of nitrogens with one attached hydrogen (secondary N) is 1. The van der Waals surface area contributed by atoms with Gasteiger partial charge in [-0.1, -0.05) is 19.3 Å². The van der Waals surface area contributed by atoms with Crippen molar-refractivity contribution in [2.75, 3.05) is 18.9 Å². The summed E-state index contributed by atoms with van der Waals surface area (Å²) < 4.78 is 32.0. The largest absolute Gasteiger partial charge is 0.378 e. The van der Waals surface area contributed by atoms with Crippen molar-refractivity contribution in [3.05, 3.63) is 0 Å². The molecule has 0 heterocycles. The smallest absolute Gasteiger partial charge is 0.214 e. The zero-order valence-corrected chi connectivity index (χ0v) is 14.1. The van der Waals surface area contributed by atoms with E-state index in [1.807, 2.05) is 13.8 Å². The van der Waals surface area contributed by atoms with E-state index in [-0.39, 0.29) is 36.9 Å². The number of nitrogens with two attached hydrogens (primary N) is 1. The molecule has 0 aromatic carbocycles. The molecule has 0 amide bonds. The number of rotatable bonds is 8. The van der Waals surface area contributed by atoms with Crippen molar-refractivity contribution in [1.29, 1.82) is 0 Å². The van der Waals surface area contributed by atoms with Gasteiger partial charge in [-0.05, 0) is 32.6 Å². The number of sulfonamides is 1. The first kappa shape index (κ1) is 20.1. The maximum absolute atomic E-state index is 12.0. The Bertz CT molecular complexity index is 344. The Morgan fingerprint density at radius 3 is 2.35 bits per heavy atom. The molecule has 0 aliphatic heterocycles. The predicted octanol–water partition coefficient (Wildman–Crippen LogP) is 1.66. The molecule has 0 aromatic rings. The third-order valence-corrected chi connectivity index (χ3v) is 4.97. The molecule has 7 heteroatoms. The van der Waals surface area contributed by atoms with E-state index in [4.69, 9.17) is 10.5 Å². The molecule has 1 rings (SSSR count). The lowest BCUT2D eigenvalue weighted by atomic mass is 9.84. The Kier molecular flexibility index (Phi) is 10.0. The van der Waals surface area contributed by atoms with Crippen LogP contribution < -0.4 is 10.5 Å². The van der Waals surface area contributed by atoms with Crippen LogP contribution in [0.1, 0.15) is 46.0 Å². The summed E-state index contributed by atoms with van der Waals surface area (Å²) in [4.78, 5) is 0. The third-order valence-electron chi connectivity index (χ3n) is 3.61. The van der Waals surface area contributed by atoms with Crippen LogP contribution in [0.5, 0.6) is 0 Å². The lowest BCUT2D eigenvalue weighted by Crippen LogP contribution is -2.47. The Morgan fingerprint density at radius 1 is 1.25 bits per heavy atom. The molecule has 1 unspecified atom stereocenters. The molecule has 0 radical (unpaired) electrons. The van der Waals surface area contributed by atoms with Crippen molar-refractivity contribution in [1.82, 2.24) is 4.72 Å². The summed E-state index contributed by atoms with van der Waals surface area (Å²) in [7, 11) is -3.29. The summed E-state index contributed by atoms with van der Waals surface area (Å²) in [5, 5.41) is 0. The van der Waals surface area contributed by atoms with Crippen LogP contribution in [0.4, 0.5) is 0 Å². The van der Waals surface area contributed by atoms with E-state index in [1.54, 1.807) is 0 Å². The quantitative estimate of drug-likeness (QED) is 0.710. The van der Waals surface area contributed by atoms with Gasteiger partial charge in [0.1, 0.15) is 0 Å². The molecule has 122 valence electrons. The van der Waals surface area contributed by atoms with Crippen molar-refractivity contribution < 1.29 is 13.2 Å². The van der Waals surface area contributed by atoms with Crippen LogP contribution in [0.2, 0.25) is 0 Å². The minimum atomic E-state index is -3.29.